The van der Waals surface area contributed by atoms with Gasteiger partial charge in [-0.3, -0.25) is 0 Å². The van der Waals surface area contributed by atoms with Gasteiger partial charge >= 0.3 is 5.97 Å². The lowest BCUT2D eigenvalue weighted by atomic mass is 10.2. The Morgan fingerprint density at radius 2 is 2.27 bits per heavy atom. The molecule has 1 aromatic carbocycles. The molecule has 2 rings (SSSR count). The first-order valence-corrected chi connectivity index (χ1v) is 4.54. The number of fused-ring (bicyclic) bond motifs is 1. The highest BCUT2D eigenvalue weighted by atomic mass is 16.5. The molecule has 78 valence electrons. The Morgan fingerprint density at radius 3 is 2.93 bits per heavy atom. The summed E-state index contributed by atoms with van der Waals surface area (Å²) >= 11 is 0. The van der Waals surface area contributed by atoms with Crippen LogP contribution >= 0.6 is 0 Å². The fraction of sp³-hybridized carbons (Fsp3) is 0.182. The van der Waals surface area contributed by atoms with E-state index >= 15 is 0 Å². The van der Waals surface area contributed by atoms with Crippen LogP contribution in [0.15, 0.2) is 24.3 Å². The van der Waals surface area contributed by atoms with E-state index in [2.05, 4.69) is 4.98 Å². The molecule has 0 fully saturated rings. The average molecular weight is 205 g/mol. The second-order valence-corrected chi connectivity index (χ2v) is 3.33. The Hall–Kier alpha value is -1.81. The van der Waals surface area contributed by atoms with E-state index in [1.807, 2.05) is 6.07 Å². The number of benzene rings is 1. The molecule has 0 spiro atoms. The average Bonchev–Trinajstić information content (AvgIpc) is 2.59. The smallest absolute Gasteiger partial charge is 0.335 e. The highest BCUT2D eigenvalue weighted by Crippen LogP contribution is 2.17. The third-order valence-electron chi connectivity index (χ3n) is 2.23. The van der Waals surface area contributed by atoms with Gasteiger partial charge in [0.15, 0.2) is 0 Å². The Balaban J connectivity index is 2.47. The number of aromatic carboxylic acids is 1. The van der Waals surface area contributed by atoms with Gasteiger partial charge in [0.2, 0.25) is 0 Å². The van der Waals surface area contributed by atoms with Crippen LogP contribution in [0.2, 0.25) is 0 Å². The first kappa shape index (κ1) is 9.73. The van der Waals surface area contributed by atoms with Crippen LogP contribution in [-0.2, 0) is 11.3 Å². The monoisotopic (exact) mass is 205 g/mol. The number of carbonyl (C=O) groups is 1. The SMILES string of the molecule is COCc1cc2ccc(C(=O)O)cc2[nH]1. The molecule has 4 heteroatoms. The minimum absolute atomic E-state index is 0.285. The second-order valence-electron chi connectivity index (χ2n) is 3.33. The van der Waals surface area contributed by atoms with Crippen molar-refractivity contribution in [2.45, 2.75) is 6.61 Å². The molecule has 1 heterocycles. The molecular formula is C11H11NO3. The molecule has 1 aromatic heterocycles. The zero-order valence-electron chi connectivity index (χ0n) is 8.28. The maximum Gasteiger partial charge on any atom is 0.335 e. The topological polar surface area (TPSA) is 62.3 Å². The molecule has 2 aromatic rings. The molecule has 0 saturated heterocycles. The number of carboxylic acids is 1. The number of ether oxygens (including phenoxy) is 1. The van der Waals surface area contributed by atoms with E-state index in [9.17, 15) is 4.79 Å². The molecule has 0 amide bonds. The number of hydrogen-bond acceptors (Lipinski definition) is 2. The fourth-order valence-electron chi connectivity index (χ4n) is 1.55. The zero-order valence-corrected chi connectivity index (χ0v) is 8.28. The van der Waals surface area contributed by atoms with Crippen LogP contribution in [0.1, 0.15) is 16.1 Å². The van der Waals surface area contributed by atoms with Crippen molar-refractivity contribution in [3.63, 3.8) is 0 Å². The standard InChI is InChI=1S/C11H11NO3/c1-15-6-9-4-7-2-3-8(11(13)14)5-10(7)12-9/h2-5,12H,6H2,1H3,(H,13,14). The van der Waals surface area contributed by atoms with Crippen molar-refractivity contribution in [1.82, 2.24) is 4.98 Å². The van der Waals surface area contributed by atoms with E-state index in [1.165, 1.54) is 0 Å². The number of rotatable bonds is 3. The summed E-state index contributed by atoms with van der Waals surface area (Å²) in [5.41, 5.74) is 2.05. The van der Waals surface area contributed by atoms with Gasteiger partial charge in [0.1, 0.15) is 0 Å². The van der Waals surface area contributed by atoms with Gasteiger partial charge in [-0.05, 0) is 23.6 Å². The van der Waals surface area contributed by atoms with Crippen LogP contribution in [0.3, 0.4) is 0 Å². The summed E-state index contributed by atoms with van der Waals surface area (Å²) < 4.78 is 4.99. The molecule has 0 atom stereocenters. The highest BCUT2D eigenvalue weighted by molar-refractivity contribution is 5.93. The number of aromatic nitrogens is 1. The molecule has 4 nitrogen and oxygen atoms in total. The van der Waals surface area contributed by atoms with Crippen molar-refractivity contribution in [3.8, 4) is 0 Å². The summed E-state index contributed by atoms with van der Waals surface area (Å²) in [5, 5.41) is 9.81. The van der Waals surface area contributed by atoms with Gasteiger partial charge in [0.25, 0.3) is 0 Å². The first-order chi connectivity index (χ1) is 7.20. The number of hydrogen-bond donors (Lipinski definition) is 2. The predicted molar refractivity (Wildman–Crippen MR) is 56.0 cm³/mol. The second kappa shape index (κ2) is 3.74. The molecule has 0 bridgehead atoms. The van der Waals surface area contributed by atoms with Crippen LogP contribution < -0.4 is 0 Å². The Morgan fingerprint density at radius 1 is 1.47 bits per heavy atom. The quantitative estimate of drug-likeness (QED) is 0.805. The Kier molecular flexibility index (Phi) is 2.43. The molecule has 15 heavy (non-hydrogen) atoms. The van der Waals surface area contributed by atoms with Crippen molar-refractivity contribution in [3.05, 3.63) is 35.5 Å². The zero-order chi connectivity index (χ0) is 10.8. The summed E-state index contributed by atoms with van der Waals surface area (Å²) in [6, 6.07) is 6.95. The van der Waals surface area contributed by atoms with Crippen molar-refractivity contribution in [2.24, 2.45) is 0 Å². The third-order valence-corrected chi connectivity index (χ3v) is 2.23. The lowest BCUT2D eigenvalue weighted by molar-refractivity contribution is 0.0697. The van der Waals surface area contributed by atoms with E-state index < -0.39 is 5.97 Å². The molecule has 2 N–H and O–H groups in total. The molecular weight excluding hydrogens is 194 g/mol. The molecule has 0 aliphatic heterocycles. The van der Waals surface area contributed by atoms with Gasteiger partial charge in [0, 0.05) is 18.3 Å². The van der Waals surface area contributed by atoms with Crippen molar-refractivity contribution in [2.75, 3.05) is 7.11 Å². The lowest BCUT2D eigenvalue weighted by Gasteiger charge is -1.94. The van der Waals surface area contributed by atoms with Gasteiger partial charge in [-0.25, -0.2) is 4.79 Å². The van der Waals surface area contributed by atoms with E-state index in [0.717, 1.165) is 16.6 Å². The lowest BCUT2D eigenvalue weighted by Crippen LogP contribution is -1.94. The minimum atomic E-state index is -0.917. The van der Waals surface area contributed by atoms with E-state index in [1.54, 1.807) is 25.3 Å². The van der Waals surface area contributed by atoms with Crippen molar-refractivity contribution >= 4 is 16.9 Å². The summed E-state index contributed by atoms with van der Waals surface area (Å²) in [6.07, 6.45) is 0. The molecule has 0 aliphatic carbocycles. The molecule has 0 aliphatic rings. The Labute approximate surface area is 86.5 Å². The number of methoxy groups -OCH3 is 1. The number of H-pyrrole nitrogens is 1. The highest BCUT2D eigenvalue weighted by Gasteiger charge is 2.05. The van der Waals surface area contributed by atoms with Gasteiger partial charge in [-0.1, -0.05) is 6.07 Å². The maximum absolute atomic E-state index is 10.7. The number of carboxylic acid groups (broad SMARTS) is 1. The van der Waals surface area contributed by atoms with Crippen LogP contribution in [0.25, 0.3) is 10.9 Å². The van der Waals surface area contributed by atoms with Gasteiger partial charge in [-0.2, -0.15) is 0 Å². The van der Waals surface area contributed by atoms with E-state index in [4.69, 9.17) is 9.84 Å². The van der Waals surface area contributed by atoms with Crippen LogP contribution in [0.5, 0.6) is 0 Å². The normalized spacial score (nSPS) is 10.7. The third kappa shape index (κ3) is 1.85. The van der Waals surface area contributed by atoms with Gasteiger partial charge in [0.05, 0.1) is 12.2 Å². The predicted octanol–water partition coefficient (Wildman–Crippen LogP) is 2.01. The molecule has 0 unspecified atom stereocenters. The maximum atomic E-state index is 10.7. The van der Waals surface area contributed by atoms with E-state index in [-0.39, 0.29) is 5.56 Å². The summed E-state index contributed by atoms with van der Waals surface area (Å²) in [5.74, 6) is -0.917. The van der Waals surface area contributed by atoms with Crippen molar-refractivity contribution in [1.29, 1.82) is 0 Å². The van der Waals surface area contributed by atoms with E-state index in [0.29, 0.717) is 6.61 Å². The number of aromatic amines is 1. The number of nitrogens with one attached hydrogen (secondary N) is 1. The van der Waals surface area contributed by atoms with Crippen LogP contribution in [-0.4, -0.2) is 23.2 Å². The largest absolute Gasteiger partial charge is 0.478 e. The summed E-state index contributed by atoms with van der Waals surface area (Å²) in [7, 11) is 1.62. The van der Waals surface area contributed by atoms with Crippen LogP contribution in [0, 0.1) is 0 Å². The van der Waals surface area contributed by atoms with Gasteiger partial charge < -0.3 is 14.8 Å². The fourth-order valence-corrected chi connectivity index (χ4v) is 1.55. The minimum Gasteiger partial charge on any atom is -0.478 e. The summed E-state index contributed by atoms with van der Waals surface area (Å²) in [6.45, 7) is 0.497. The molecule has 0 saturated carbocycles. The van der Waals surface area contributed by atoms with Crippen LogP contribution in [0.4, 0.5) is 0 Å². The van der Waals surface area contributed by atoms with Crippen molar-refractivity contribution < 1.29 is 14.6 Å². The molecule has 0 radical (unpaired) electrons. The Bertz CT molecular complexity index is 502. The first-order valence-electron chi connectivity index (χ1n) is 4.54. The van der Waals surface area contributed by atoms with Gasteiger partial charge in [-0.15, -0.1) is 0 Å². The summed E-state index contributed by atoms with van der Waals surface area (Å²) in [4.78, 5) is 13.8.